The second kappa shape index (κ2) is 6.89. The monoisotopic (exact) mass is 368 g/mol. The quantitative estimate of drug-likeness (QED) is 0.760. The molecular weight excluding hydrogens is 346 g/mol. The summed E-state index contributed by atoms with van der Waals surface area (Å²) < 4.78 is 28.4. The van der Waals surface area contributed by atoms with Gasteiger partial charge in [0.25, 0.3) is 5.91 Å². The fraction of sp³-hybridized carbons (Fsp3) is 0.318. The fourth-order valence-corrected chi connectivity index (χ4v) is 4.42. The number of fused-ring (bicyclic) bond motifs is 2. The second-order valence-electron chi connectivity index (χ2n) is 7.37. The van der Waals surface area contributed by atoms with Crippen molar-refractivity contribution in [3.8, 4) is 0 Å². The lowest BCUT2D eigenvalue weighted by Gasteiger charge is -2.39. The first kappa shape index (κ1) is 17.9. The van der Waals surface area contributed by atoms with Crippen LogP contribution in [0.1, 0.15) is 28.8 Å². The Labute approximate surface area is 157 Å². The van der Waals surface area contributed by atoms with Crippen molar-refractivity contribution in [1.29, 1.82) is 0 Å². The number of benzene rings is 2. The maximum absolute atomic E-state index is 14.2. The Kier molecular flexibility index (Phi) is 4.56. The molecule has 1 fully saturated rings. The molecule has 2 aromatic carbocycles. The third kappa shape index (κ3) is 2.96. The molecule has 3 nitrogen and oxygen atoms in total. The molecule has 2 heterocycles. The smallest absolute Gasteiger partial charge is 0.264 e. The average molecular weight is 368 g/mol. The summed E-state index contributed by atoms with van der Waals surface area (Å²) in [6, 6.07) is 11.3. The van der Waals surface area contributed by atoms with Gasteiger partial charge in [-0.1, -0.05) is 30.3 Å². The minimum absolute atomic E-state index is 0.161. The highest BCUT2D eigenvalue weighted by Crippen LogP contribution is 2.47. The lowest BCUT2D eigenvalue weighted by Crippen LogP contribution is -2.46. The molecule has 4 rings (SSSR count). The Morgan fingerprint density at radius 2 is 1.74 bits per heavy atom. The number of para-hydroxylation sites is 1. The summed E-state index contributed by atoms with van der Waals surface area (Å²) in [6.45, 7) is 6.93. The van der Waals surface area contributed by atoms with E-state index in [1.165, 1.54) is 6.07 Å². The molecule has 27 heavy (non-hydrogen) atoms. The SMILES string of the molecule is C=CCN1CCC2(CC1)CN(C(=O)c1c(F)cccc1F)c1ccccc12. The van der Waals surface area contributed by atoms with Crippen molar-refractivity contribution in [1.82, 2.24) is 4.90 Å². The Morgan fingerprint density at radius 1 is 1.07 bits per heavy atom. The number of nitrogens with zero attached hydrogens (tertiary/aromatic N) is 2. The van der Waals surface area contributed by atoms with E-state index in [0.29, 0.717) is 6.54 Å². The van der Waals surface area contributed by atoms with Crippen LogP contribution in [0.25, 0.3) is 0 Å². The van der Waals surface area contributed by atoms with Gasteiger partial charge in [0, 0.05) is 24.2 Å². The highest BCUT2D eigenvalue weighted by molar-refractivity contribution is 6.08. The molecule has 5 heteroatoms. The first-order valence-electron chi connectivity index (χ1n) is 9.24. The van der Waals surface area contributed by atoms with Gasteiger partial charge in [-0.25, -0.2) is 8.78 Å². The first-order chi connectivity index (χ1) is 13.1. The fourth-order valence-electron chi connectivity index (χ4n) is 4.42. The summed E-state index contributed by atoms with van der Waals surface area (Å²) in [7, 11) is 0. The van der Waals surface area contributed by atoms with Gasteiger partial charge in [-0.2, -0.15) is 0 Å². The lowest BCUT2D eigenvalue weighted by molar-refractivity contribution is 0.0969. The number of amides is 1. The number of hydrogen-bond donors (Lipinski definition) is 0. The van der Waals surface area contributed by atoms with E-state index in [-0.39, 0.29) is 5.41 Å². The summed E-state index contributed by atoms with van der Waals surface area (Å²) in [5.41, 5.74) is 1.23. The van der Waals surface area contributed by atoms with Crippen LogP contribution < -0.4 is 4.90 Å². The van der Waals surface area contributed by atoms with Crippen LogP contribution in [0.5, 0.6) is 0 Å². The summed E-state index contributed by atoms with van der Waals surface area (Å²) in [5, 5.41) is 0. The largest absolute Gasteiger partial charge is 0.307 e. The zero-order valence-electron chi connectivity index (χ0n) is 15.1. The van der Waals surface area contributed by atoms with Crippen LogP contribution in [0.2, 0.25) is 0 Å². The Bertz CT molecular complexity index is 867. The molecule has 0 atom stereocenters. The summed E-state index contributed by atoms with van der Waals surface area (Å²) in [6.07, 6.45) is 3.71. The van der Waals surface area contributed by atoms with Crippen LogP contribution in [0.15, 0.2) is 55.1 Å². The van der Waals surface area contributed by atoms with Crippen molar-refractivity contribution in [2.75, 3.05) is 31.1 Å². The predicted molar refractivity (Wildman–Crippen MR) is 102 cm³/mol. The van der Waals surface area contributed by atoms with Gasteiger partial charge in [0.15, 0.2) is 0 Å². The molecule has 0 radical (unpaired) electrons. The lowest BCUT2D eigenvalue weighted by atomic mass is 9.74. The molecule has 140 valence electrons. The van der Waals surface area contributed by atoms with E-state index in [0.717, 1.165) is 55.9 Å². The minimum Gasteiger partial charge on any atom is -0.307 e. The number of halogens is 2. The molecule has 2 aliphatic heterocycles. The minimum atomic E-state index is -0.820. The molecule has 1 spiro atoms. The highest BCUT2D eigenvalue weighted by Gasteiger charge is 2.46. The summed E-state index contributed by atoms with van der Waals surface area (Å²) in [4.78, 5) is 17.0. The van der Waals surface area contributed by atoms with Crippen LogP contribution in [0.3, 0.4) is 0 Å². The molecule has 0 aromatic heterocycles. The van der Waals surface area contributed by atoms with Gasteiger partial charge in [-0.3, -0.25) is 9.69 Å². The van der Waals surface area contributed by atoms with Gasteiger partial charge in [0.2, 0.25) is 0 Å². The van der Waals surface area contributed by atoms with Gasteiger partial charge in [-0.15, -0.1) is 6.58 Å². The van der Waals surface area contributed by atoms with E-state index in [2.05, 4.69) is 11.5 Å². The van der Waals surface area contributed by atoms with E-state index in [1.807, 2.05) is 30.3 Å². The third-order valence-corrected chi connectivity index (χ3v) is 5.85. The van der Waals surface area contributed by atoms with Crippen LogP contribution in [0.4, 0.5) is 14.5 Å². The molecule has 0 unspecified atom stereocenters. The van der Waals surface area contributed by atoms with E-state index in [4.69, 9.17) is 0 Å². The second-order valence-corrected chi connectivity index (χ2v) is 7.37. The Balaban J connectivity index is 1.69. The topological polar surface area (TPSA) is 23.6 Å². The van der Waals surface area contributed by atoms with Crippen molar-refractivity contribution < 1.29 is 13.6 Å². The van der Waals surface area contributed by atoms with Crippen LogP contribution in [-0.2, 0) is 5.41 Å². The number of piperidine rings is 1. The summed E-state index contributed by atoms with van der Waals surface area (Å²) in [5.74, 6) is -2.25. The predicted octanol–water partition coefficient (Wildman–Crippen LogP) is 4.14. The van der Waals surface area contributed by atoms with Gasteiger partial charge >= 0.3 is 0 Å². The van der Waals surface area contributed by atoms with E-state index < -0.39 is 23.1 Å². The van der Waals surface area contributed by atoms with Crippen molar-refractivity contribution >= 4 is 11.6 Å². The number of hydrogen-bond acceptors (Lipinski definition) is 2. The van der Waals surface area contributed by atoms with E-state index in [9.17, 15) is 13.6 Å². The molecule has 0 aliphatic carbocycles. The van der Waals surface area contributed by atoms with E-state index >= 15 is 0 Å². The van der Waals surface area contributed by atoms with Crippen LogP contribution >= 0.6 is 0 Å². The van der Waals surface area contributed by atoms with Crippen LogP contribution in [-0.4, -0.2) is 37.0 Å². The number of carbonyl (C=O) groups excluding carboxylic acids is 1. The normalized spacial score (nSPS) is 18.5. The van der Waals surface area contributed by atoms with Crippen molar-refractivity contribution in [3.63, 3.8) is 0 Å². The average Bonchev–Trinajstić information content (AvgIpc) is 2.98. The zero-order valence-corrected chi connectivity index (χ0v) is 15.1. The standard InChI is InChI=1S/C22H22F2N2O/c1-2-12-25-13-10-22(11-14-25)15-26(19-9-4-3-6-16(19)22)21(27)20-17(23)7-5-8-18(20)24/h2-9H,1,10-15H2. The maximum Gasteiger partial charge on any atom is 0.264 e. The number of rotatable bonds is 3. The molecule has 1 amide bonds. The Hall–Kier alpha value is -2.53. The van der Waals surface area contributed by atoms with Gasteiger partial charge in [-0.05, 0) is 49.7 Å². The van der Waals surface area contributed by atoms with Crippen molar-refractivity contribution in [3.05, 3.63) is 77.9 Å². The molecule has 0 bridgehead atoms. The molecule has 0 N–H and O–H groups in total. The molecule has 2 aliphatic rings. The molecule has 1 saturated heterocycles. The number of carbonyl (C=O) groups is 1. The van der Waals surface area contributed by atoms with Crippen molar-refractivity contribution in [2.45, 2.75) is 18.3 Å². The Morgan fingerprint density at radius 3 is 2.41 bits per heavy atom. The zero-order chi connectivity index (χ0) is 19.0. The molecule has 0 saturated carbocycles. The highest BCUT2D eigenvalue weighted by atomic mass is 19.1. The van der Waals surface area contributed by atoms with Crippen molar-refractivity contribution in [2.24, 2.45) is 0 Å². The molecular formula is C22H22F2N2O. The van der Waals surface area contributed by atoms with E-state index in [1.54, 1.807) is 4.90 Å². The molecule has 2 aromatic rings. The van der Waals surface area contributed by atoms with Gasteiger partial charge < -0.3 is 4.90 Å². The van der Waals surface area contributed by atoms with Crippen LogP contribution in [0, 0.1) is 11.6 Å². The third-order valence-electron chi connectivity index (χ3n) is 5.85. The van der Waals surface area contributed by atoms with Gasteiger partial charge in [0.1, 0.15) is 17.2 Å². The maximum atomic E-state index is 14.2. The van der Waals surface area contributed by atoms with Gasteiger partial charge in [0.05, 0.1) is 0 Å². The number of anilines is 1. The summed E-state index contributed by atoms with van der Waals surface area (Å²) >= 11 is 0. The first-order valence-corrected chi connectivity index (χ1v) is 9.24. The number of likely N-dealkylation sites (tertiary alicyclic amines) is 1.